The lowest BCUT2D eigenvalue weighted by Gasteiger charge is -2.23. The molecule has 182 valence electrons. The Labute approximate surface area is 201 Å². The van der Waals surface area contributed by atoms with Crippen LogP contribution in [0.2, 0.25) is 0 Å². The summed E-state index contributed by atoms with van der Waals surface area (Å²) in [5.41, 5.74) is 1.53. The van der Waals surface area contributed by atoms with Crippen molar-refractivity contribution in [3.63, 3.8) is 0 Å². The van der Waals surface area contributed by atoms with Gasteiger partial charge in [-0.05, 0) is 36.2 Å². The Kier molecular flexibility index (Phi) is 12.0. The monoisotopic (exact) mass is 495 g/mol. The fourth-order valence-corrected chi connectivity index (χ4v) is 3.20. The van der Waals surface area contributed by atoms with Crippen molar-refractivity contribution in [1.29, 1.82) is 0 Å². The van der Waals surface area contributed by atoms with Crippen molar-refractivity contribution >= 4 is 24.8 Å². The molecule has 4 nitrogen and oxygen atoms in total. The van der Waals surface area contributed by atoms with Crippen molar-refractivity contribution < 1.29 is 18.3 Å². The third-order valence-corrected chi connectivity index (χ3v) is 5.23. The van der Waals surface area contributed by atoms with Crippen LogP contribution in [0, 0.1) is 0 Å². The molecule has 0 saturated heterocycles. The van der Waals surface area contributed by atoms with Gasteiger partial charge in [-0.25, -0.2) is 0 Å². The number of pyridine rings is 1. The number of hydrogen-bond acceptors (Lipinski definition) is 4. The lowest BCUT2D eigenvalue weighted by Crippen LogP contribution is -2.31. The molecule has 0 unspecified atom stereocenters. The molecule has 0 saturated carbocycles. The Bertz CT molecular complexity index is 834. The average molecular weight is 496 g/mol. The number of benzene rings is 1. The Morgan fingerprint density at radius 2 is 1.66 bits per heavy atom. The van der Waals surface area contributed by atoms with Crippen LogP contribution in [0.15, 0.2) is 30.5 Å². The number of nitrogens with one attached hydrogen (secondary N) is 1. The molecule has 0 aliphatic rings. The molecule has 1 heterocycles. The van der Waals surface area contributed by atoms with E-state index in [9.17, 15) is 18.3 Å². The SMILES string of the molecule is CCN(CC)CCNCc1cc(C(C)(C)C)cc(-c2ccc(C(F)(F)F)nc2)c1O.Cl.Cl. The number of nitrogens with zero attached hydrogens (tertiary/aromatic N) is 2. The van der Waals surface area contributed by atoms with Crippen molar-refractivity contribution in [3.8, 4) is 16.9 Å². The third-order valence-electron chi connectivity index (χ3n) is 5.23. The molecule has 0 bridgehead atoms. The smallest absolute Gasteiger partial charge is 0.433 e. The highest BCUT2D eigenvalue weighted by Crippen LogP contribution is 2.38. The maximum Gasteiger partial charge on any atom is 0.433 e. The van der Waals surface area contributed by atoms with Crippen LogP contribution >= 0.6 is 24.8 Å². The van der Waals surface area contributed by atoms with Crippen LogP contribution in [0.3, 0.4) is 0 Å². The number of rotatable bonds is 8. The first-order valence-corrected chi connectivity index (χ1v) is 10.3. The molecule has 0 aliphatic carbocycles. The molecule has 0 atom stereocenters. The van der Waals surface area contributed by atoms with Crippen LogP contribution in [0.25, 0.3) is 11.1 Å². The van der Waals surface area contributed by atoms with E-state index < -0.39 is 11.9 Å². The average Bonchev–Trinajstić information content (AvgIpc) is 2.68. The predicted octanol–water partition coefficient (Wildman–Crippen LogP) is 6.05. The van der Waals surface area contributed by atoms with Crippen LogP contribution in [0.4, 0.5) is 13.2 Å². The highest BCUT2D eigenvalue weighted by atomic mass is 35.5. The zero-order valence-corrected chi connectivity index (χ0v) is 20.8. The maximum absolute atomic E-state index is 12.8. The number of likely N-dealkylation sites (N-methyl/N-ethyl adjacent to an activating group) is 1. The Morgan fingerprint density at radius 3 is 2.12 bits per heavy atom. The van der Waals surface area contributed by atoms with Crippen molar-refractivity contribution in [2.75, 3.05) is 26.2 Å². The van der Waals surface area contributed by atoms with Gasteiger partial charge in [0.2, 0.25) is 0 Å². The van der Waals surface area contributed by atoms with Crippen molar-refractivity contribution in [3.05, 3.63) is 47.3 Å². The first kappa shape index (κ1) is 30.5. The van der Waals surface area contributed by atoms with Gasteiger partial charge in [-0.2, -0.15) is 13.2 Å². The minimum Gasteiger partial charge on any atom is -0.507 e. The van der Waals surface area contributed by atoms with Gasteiger partial charge in [0.05, 0.1) is 0 Å². The summed E-state index contributed by atoms with van der Waals surface area (Å²) in [6.07, 6.45) is -3.32. The van der Waals surface area contributed by atoms with E-state index in [4.69, 9.17) is 0 Å². The van der Waals surface area contributed by atoms with Crippen LogP contribution in [0.5, 0.6) is 5.75 Å². The van der Waals surface area contributed by atoms with Gasteiger partial charge < -0.3 is 15.3 Å². The predicted molar refractivity (Wildman–Crippen MR) is 129 cm³/mol. The van der Waals surface area contributed by atoms with Crippen molar-refractivity contribution in [1.82, 2.24) is 15.2 Å². The number of phenols is 1. The van der Waals surface area contributed by atoms with Gasteiger partial charge in [0, 0.05) is 42.5 Å². The third kappa shape index (κ3) is 8.10. The zero-order chi connectivity index (χ0) is 22.5. The number of hydrogen-bond donors (Lipinski definition) is 2. The summed E-state index contributed by atoms with van der Waals surface area (Å²) in [4.78, 5) is 5.85. The molecule has 2 N–H and O–H groups in total. The second-order valence-corrected chi connectivity index (χ2v) is 8.42. The van der Waals surface area contributed by atoms with E-state index in [-0.39, 0.29) is 36.0 Å². The van der Waals surface area contributed by atoms with Gasteiger partial charge >= 0.3 is 6.18 Å². The van der Waals surface area contributed by atoms with E-state index in [1.807, 2.05) is 12.1 Å². The topological polar surface area (TPSA) is 48.4 Å². The molecule has 2 rings (SSSR count). The molecule has 2 aromatic rings. The van der Waals surface area contributed by atoms with E-state index in [0.29, 0.717) is 17.7 Å². The number of halogens is 5. The quantitative estimate of drug-likeness (QED) is 0.437. The van der Waals surface area contributed by atoms with Crippen molar-refractivity contribution in [2.24, 2.45) is 0 Å². The minimum absolute atomic E-state index is 0. The molecule has 32 heavy (non-hydrogen) atoms. The largest absolute Gasteiger partial charge is 0.507 e. The molecular weight excluding hydrogens is 462 g/mol. The zero-order valence-electron chi connectivity index (χ0n) is 19.2. The second kappa shape index (κ2) is 12.6. The summed E-state index contributed by atoms with van der Waals surface area (Å²) in [6, 6.07) is 6.09. The second-order valence-electron chi connectivity index (χ2n) is 8.42. The Hall–Kier alpha value is -1.54. The van der Waals surface area contributed by atoms with Gasteiger partial charge in [0.25, 0.3) is 0 Å². The summed E-state index contributed by atoms with van der Waals surface area (Å²) in [5.74, 6) is 0.0693. The minimum atomic E-state index is -4.49. The highest BCUT2D eigenvalue weighted by Gasteiger charge is 2.32. The molecule has 0 fully saturated rings. The molecule has 9 heteroatoms. The van der Waals surface area contributed by atoms with Crippen LogP contribution in [-0.2, 0) is 18.1 Å². The summed E-state index contributed by atoms with van der Waals surface area (Å²) in [6.45, 7) is 14.5. The van der Waals surface area contributed by atoms with Crippen LogP contribution in [-0.4, -0.2) is 41.2 Å². The van der Waals surface area contributed by atoms with E-state index in [2.05, 4.69) is 49.8 Å². The van der Waals surface area contributed by atoms with Gasteiger partial charge in [0.1, 0.15) is 11.4 Å². The first-order chi connectivity index (χ1) is 14.0. The fourth-order valence-electron chi connectivity index (χ4n) is 3.20. The van der Waals surface area contributed by atoms with E-state index in [1.54, 1.807) is 0 Å². The lowest BCUT2D eigenvalue weighted by molar-refractivity contribution is -0.141. The maximum atomic E-state index is 12.8. The fraction of sp³-hybridized carbons (Fsp3) is 0.522. The van der Waals surface area contributed by atoms with Gasteiger partial charge in [-0.3, -0.25) is 4.98 Å². The number of phenolic OH excluding ortho intramolecular Hbond substituents is 1. The van der Waals surface area contributed by atoms with Crippen LogP contribution < -0.4 is 5.32 Å². The van der Waals surface area contributed by atoms with E-state index in [1.165, 1.54) is 12.3 Å². The van der Waals surface area contributed by atoms with Crippen LogP contribution in [0.1, 0.15) is 51.4 Å². The van der Waals surface area contributed by atoms with Gasteiger partial charge in [-0.15, -0.1) is 24.8 Å². The molecular formula is C23H34Cl2F3N3O. The lowest BCUT2D eigenvalue weighted by atomic mass is 9.84. The summed E-state index contributed by atoms with van der Waals surface area (Å²) < 4.78 is 38.5. The molecule has 0 radical (unpaired) electrons. The molecule has 0 amide bonds. The number of aromatic nitrogens is 1. The first-order valence-electron chi connectivity index (χ1n) is 10.3. The normalized spacial score (nSPS) is 11.8. The summed E-state index contributed by atoms with van der Waals surface area (Å²) >= 11 is 0. The van der Waals surface area contributed by atoms with Crippen molar-refractivity contribution in [2.45, 2.75) is 52.8 Å². The standard InChI is InChI=1S/C23H32F3N3O.2ClH/c1-6-29(7-2)11-10-27-14-17-12-18(22(3,4)5)13-19(21(17)30)16-8-9-20(28-15-16)23(24,25)26;;/h8-9,12-13,15,27,30H,6-7,10-11,14H2,1-5H3;2*1H. The van der Waals surface area contributed by atoms with Gasteiger partial charge in [-0.1, -0.05) is 46.8 Å². The van der Waals surface area contributed by atoms with E-state index >= 15 is 0 Å². The number of alkyl halides is 3. The Morgan fingerprint density at radius 1 is 1.03 bits per heavy atom. The van der Waals surface area contributed by atoms with Gasteiger partial charge in [0.15, 0.2) is 0 Å². The molecule has 0 spiro atoms. The highest BCUT2D eigenvalue weighted by molar-refractivity contribution is 5.85. The molecule has 0 aliphatic heterocycles. The molecule has 1 aromatic heterocycles. The summed E-state index contributed by atoms with van der Waals surface area (Å²) in [7, 11) is 0. The number of aromatic hydroxyl groups is 1. The van der Waals surface area contributed by atoms with E-state index in [0.717, 1.165) is 43.4 Å². The molecule has 1 aromatic carbocycles. The Balaban J connectivity index is 0.00000480. The summed E-state index contributed by atoms with van der Waals surface area (Å²) in [5, 5.41) is 14.2.